The molecule has 8 aromatic rings. The maximum atomic E-state index is 14.1. The van der Waals surface area contributed by atoms with E-state index in [0.29, 0.717) is 56.9 Å². The predicted molar refractivity (Wildman–Crippen MR) is 244 cm³/mol. The highest BCUT2D eigenvalue weighted by molar-refractivity contribution is 7.92. The average molecular weight is 851 g/mol. The number of carbonyl (C=O) groups is 2. The van der Waals surface area contributed by atoms with E-state index in [2.05, 4.69) is 31.1 Å². The lowest BCUT2D eigenvalue weighted by Crippen LogP contribution is -2.13. The number of fused-ring (bicyclic) bond motifs is 5. The van der Waals surface area contributed by atoms with Gasteiger partial charge in [-0.1, -0.05) is 111 Å². The molecule has 0 unspecified atom stereocenters. The van der Waals surface area contributed by atoms with Gasteiger partial charge in [-0.25, -0.2) is 8.42 Å². The van der Waals surface area contributed by atoms with E-state index in [-0.39, 0.29) is 55.2 Å². The molecule has 0 fully saturated rings. The Kier molecular flexibility index (Phi) is 10.5. The van der Waals surface area contributed by atoms with E-state index >= 15 is 0 Å². The Balaban J connectivity index is 1.01. The number of rotatable bonds is 10. The Morgan fingerprint density at radius 3 is 1.33 bits per heavy atom. The minimum absolute atomic E-state index is 0.00339. The average Bonchev–Trinajstić information content (AvgIpc) is 3.52. The van der Waals surface area contributed by atoms with Gasteiger partial charge in [0.15, 0.2) is 11.5 Å². The Morgan fingerprint density at radius 1 is 0.508 bits per heavy atom. The molecule has 310 valence electrons. The molecule has 1 aliphatic heterocycles. The third-order valence-electron chi connectivity index (χ3n) is 11.1. The number of benzene rings is 8. The van der Waals surface area contributed by atoms with Crippen LogP contribution in [0.5, 0.6) is 11.5 Å². The largest absolute Gasteiger partial charge is 0.505 e. The predicted octanol–water partition coefficient (Wildman–Crippen LogP) is 12.7. The molecule has 9 rings (SSSR count). The molecule has 0 aliphatic carbocycles. The van der Waals surface area contributed by atoms with Crippen molar-refractivity contribution >= 4 is 77.3 Å². The number of phenols is 2. The third kappa shape index (κ3) is 7.44. The van der Waals surface area contributed by atoms with Crippen LogP contribution in [-0.2, 0) is 22.7 Å². The van der Waals surface area contributed by atoms with Crippen molar-refractivity contribution in [3.05, 3.63) is 168 Å². The van der Waals surface area contributed by atoms with Crippen LogP contribution in [0.2, 0.25) is 0 Å². The van der Waals surface area contributed by atoms with Gasteiger partial charge in [0.25, 0.3) is 11.8 Å². The zero-order chi connectivity index (χ0) is 43.8. The number of hydrogen-bond acceptors (Lipinski definition) is 10. The Bertz CT molecular complexity index is 3150. The molecule has 0 saturated heterocycles. The highest BCUT2D eigenvalue weighted by atomic mass is 32.2. The summed E-state index contributed by atoms with van der Waals surface area (Å²) in [6.45, 7) is 3.97. The number of sulfone groups is 1. The summed E-state index contributed by atoms with van der Waals surface area (Å²) < 4.78 is 28.2. The standard InChI is InChI=1S/C50H38N6O6S/c1-3-29-13-7-11-19-41(29)51-49(59)39-25-31-15-5-9-17-35(31)45(47(39)57)55-53-33-21-23-37-38-24-22-34(28-44(38)63(61,62)43(37)27-33)54-56-46-36-18-10-6-16-32(36)26-40(48(46)58)50(60)52-42-20-12-8-14-30(42)4-2/h5-28,57-58H,3-4H2,1-2H3,(H,51,59)(H,52,60). The van der Waals surface area contributed by atoms with Crippen molar-refractivity contribution in [2.75, 3.05) is 10.6 Å². The van der Waals surface area contributed by atoms with Gasteiger partial charge in [-0.2, -0.15) is 10.2 Å². The van der Waals surface area contributed by atoms with Gasteiger partial charge in [-0.05, 0) is 83.3 Å². The van der Waals surface area contributed by atoms with Gasteiger partial charge in [0.2, 0.25) is 9.84 Å². The quantitative estimate of drug-likeness (QED) is 0.0993. The van der Waals surface area contributed by atoms with E-state index in [1.807, 2.05) is 62.4 Å². The van der Waals surface area contributed by atoms with Crippen molar-refractivity contribution in [2.45, 2.75) is 36.5 Å². The fourth-order valence-electron chi connectivity index (χ4n) is 7.83. The topological polar surface area (TPSA) is 182 Å². The summed E-state index contributed by atoms with van der Waals surface area (Å²) in [5.74, 6) is -1.79. The van der Waals surface area contributed by atoms with E-state index in [4.69, 9.17) is 0 Å². The van der Waals surface area contributed by atoms with Crippen molar-refractivity contribution in [2.24, 2.45) is 20.5 Å². The van der Waals surface area contributed by atoms with Crippen LogP contribution < -0.4 is 10.6 Å². The first-order valence-electron chi connectivity index (χ1n) is 20.2. The summed E-state index contributed by atoms with van der Waals surface area (Å²) in [5, 5.41) is 48.6. The molecule has 0 saturated carbocycles. The van der Waals surface area contributed by atoms with Crippen LogP contribution in [0, 0.1) is 0 Å². The van der Waals surface area contributed by atoms with Crippen LogP contribution >= 0.6 is 0 Å². The number of carbonyl (C=O) groups excluding carboxylic acids is 2. The molecule has 0 spiro atoms. The Hall–Kier alpha value is -8.03. The molecule has 0 bridgehead atoms. The van der Waals surface area contributed by atoms with Gasteiger partial charge in [-0.3, -0.25) is 9.59 Å². The molecule has 8 aromatic carbocycles. The van der Waals surface area contributed by atoms with Crippen LogP contribution in [0.15, 0.2) is 176 Å². The maximum Gasteiger partial charge on any atom is 0.259 e. The van der Waals surface area contributed by atoms with E-state index in [1.165, 1.54) is 12.1 Å². The number of para-hydroxylation sites is 2. The number of azo groups is 2. The zero-order valence-corrected chi connectivity index (χ0v) is 34.8. The number of phenolic OH excluding ortho intramolecular Hbond substituents is 2. The van der Waals surface area contributed by atoms with Crippen molar-refractivity contribution < 1.29 is 28.2 Å². The minimum Gasteiger partial charge on any atom is -0.505 e. The second kappa shape index (κ2) is 16.4. The molecular formula is C50H38N6O6S. The van der Waals surface area contributed by atoms with Gasteiger partial charge in [0, 0.05) is 33.3 Å². The number of aryl methyl sites for hydroxylation is 2. The third-order valence-corrected chi connectivity index (χ3v) is 12.9. The molecule has 63 heavy (non-hydrogen) atoms. The van der Waals surface area contributed by atoms with Crippen molar-refractivity contribution in [1.29, 1.82) is 0 Å². The van der Waals surface area contributed by atoms with E-state index in [1.54, 1.807) is 84.9 Å². The summed E-state index contributed by atoms with van der Waals surface area (Å²) in [4.78, 5) is 27.1. The highest BCUT2D eigenvalue weighted by Crippen LogP contribution is 2.47. The van der Waals surface area contributed by atoms with Crippen molar-refractivity contribution in [3.8, 4) is 22.6 Å². The maximum absolute atomic E-state index is 14.1. The lowest BCUT2D eigenvalue weighted by Gasteiger charge is -2.13. The molecular weight excluding hydrogens is 813 g/mol. The molecule has 0 radical (unpaired) electrons. The highest BCUT2D eigenvalue weighted by Gasteiger charge is 2.34. The van der Waals surface area contributed by atoms with Gasteiger partial charge >= 0.3 is 0 Å². The molecule has 4 N–H and O–H groups in total. The first-order valence-corrected chi connectivity index (χ1v) is 21.7. The number of hydrogen-bond donors (Lipinski definition) is 4. The smallest absolute Gasteiger partial charge is 0.259 e. The van der Waals surface area contributed by atoms with Crippen LogP contribution in [0.1, 0.15) is 45.7 Å². The van der Waals surface area contributed by atoms with Crippen LogP contribution in [0.3, 0.4) is 0 Å². The van der Waals surface area contributed by atoms with Crippen LogP contribution in [0.4, 0.5) is 34.1 Å². The van der Waals surface area contributed by atoms with Gasteiger partial charge in [-0.15, -0.1) is 10.2 Å². The fraction of sp³-hybridized carbons (Fsp3) is 0.0800. The van der Waals surface area contributed by atoms with Gasteiger partial charge in [0.1, 0.15) is 11.4 Å². The van der Waals surface area contributed by atoms with Gasteiger partial charge < -0.3 is 20.8 Å². The van der Waals surface area contributed by atoms with Crippen molar-refractivity contribution in [1.82, 2.24) is 0 Å². The summed E-state index contributed by atoms with van der Waals surface area (Å²) >= 11 is 0. The zero-order valence-electron chi connectivity index (χ0n) is 34.0. The number of amides is 2. The SMILES string of the molecule is CCc1ccccc1NC(=O)c1cc2ccccc2c(N=Nc2ccc3c(c2)S(=O)(=O)c2cc(N=Nc4c(O)c(C(=O)Nc5ccccc5CC)cc5ccccc45)ccc2-3)c1O. The molecule has 1 heterocycles. The van der Waals surface area contributed by atoms with E-state index in [9.17, 15) is 28.2 Å². The van der Waals surface area contributed by atoms with Gasteiger partial charge in [0.05, 0.1) is 32.3 Å². The summed E-state index contributed by atoms with van der Waals surface area (Å²) in [6, 6.07) is 41.7. The first kappa shape index (κ1) is 40.4. The molecule has 0 aromatic heterocycles. The summed E-state index contributed by atoms with van der Waals surface area (Å²) in [6.07, 6.45) is 1.40. The molecule has 1 aliphatic rings. The van der Waals surface area contributed by atoms with Crippen LogP contribution in [0.25, 0.3) is 32.7 Å². The number of aromatic hydroxyl groups is 2. The normalized spacial score (nSPS) is 12.8. The molecule has 0 atom stereocenters. The van der Waals surface area contributed by atoms with Crippen molar-refractivity contribution in [3.63, 3.8) is 0 Å². The first-order chi connectivity index (χ1) is 30.5. The lowest BCUT2D eigenvalue weighted by atomic mass is 10.0. The van der Waals surface area contributed by atoms with Crippen LogP contribution in [-0.4, -0.2) is 30.4 Å². The molecule has 12 nitrogen and oxygen atoms in total. The fourth-order valence-corrected chi connectivity index (χ4v) is 9.56. The molecule has 13 heteroatoms. The number of nitrogens with one attached hydrogen (secondary N) is 2. The van der Waals surface area contributed by atoms with E-state index < -0.39 is 21.7 Å². The molecule has 2 amide bonds. The monoisotopic (exact) mass is 850 g/mol. The summed E-state index contributed by atoms with van der Waals surface area (Å²) in [7, 11) is -4.08. The number of nitrogens with zero attached hydrogens (tertiary/aromatic N) is 4. The minimum atomic E-state index is -4.08. The van der Waals surface area contributed by atoms with E-state index in [0.717, 1.165) is 11.1 Å². The summed E-state index contributed by atoms with van der Waals surface area (Å²) in [5.41, 5.74) is 4.56. The lowest BCUT2D eigenvalue weighted by molar-refractivity contribution is 0.101. The Morgan fingerprint density at radius 2 is 0.905 bits per heavy atom. The second-order valence-corrected chi connectivity index (χ2v) is 16.8. The number of anilines is 2. The second-order valence-electron chi connectivity index (χ2n) is 14.9. The Labute approximate surface area is 362 Å².